The molecule has 126 valence electrons. The second-order valence-corrected chi connectivity index (χ2v) is 5.99. The maximum atomic E-state index is 11.0. The van der Waals surface area contributed by atoms with E-state index in [1.807, 2.05) is 18.2 Å². The number of benzene rings is 1. The number of likely N-dealkylation sites (tertiary alicyclic amines) is 1. The van der Waals surface area contributed by atoms with E-state index >= 15 is 0 Å². The summed E-state index contributed by atoms with van der Waals surface area (Å²) in [6.45, 7) is 6.65. The summed E-state index contributed by atoms with van der Waals surface area (Å²) in [4.78, 5) is 17.6. The first-order valence-corrected chi connectivity index (χ1v) is 8.10. The van der Waals surface area contributed by atoms with E-state index in [0.717, 1.165) is 18.8 Å². The minimum Gasteiger partial charge on any atom is -0.492 e. The second kappa shape index (κ2) is 8.41. The monoisotopic (exact) mass is 318 g/mol. The van der Waals surface area contributed by atoms with Crippen LogP contribution in [-0.4, -0.2) is 43.0 Å². The normalized spacial score (nSPS) is 18.6. The van der Waals surface area contributed by atoms with Crippen LogP contribution in [0.1, 0.15) is 26.7 Å². The highest BCUT2D eigenvalue weighted by Gasteiger charge is 2.17. The van der Waals surface area contributed by atoms with Gasteiger partial charge >= 0.3 is 0 Å². The van der Waals surface area contributed by atoms with Crippen molar-refractivity contribution < 1.29 is 9.53 Å². The average Bonchev–Trinajstić information content (AvgIpc) is 2.51. The molecule has 1 aliphatic heterocycles. The minimum absolute atomic E-state index is 0.102. The molecule has 2 rings (SSSR count). The van der Waals surface area contributed by atoms with Crippen molar-refractivity contribution in [3.05, 3.63) is 24.3 Å². The van der Waals surface area contributed by atoms with Crippen LogP contribution < -0.4 is 15.8 Å². The summed E-state index contributed by atoms with van der Waals surface area (Å²) in [6, 6.07) is 7.31. The Bertz CT molecular complexity index is 559. The molecule has 1 aromatic carbocycles. The SMILES string of the molecule is CC(=O)Nc1cccc(OCCN=C(N)N2CCCC(C)C2)c1. The summed E-state index contributed by atoms with van der Waals surface area (Å²) in [5, 5.41) is 2.73. The van der Waals surface area contributed by atoms with Crippen molar-refractivity contribution in [2.24, 2.45) is 16.6 Å². The van der Waals surface area contributed by atoms with E-state index in [4.69, 9.17) is 10.5 Å². The predicted molar refractivity (Wildman–Crippen MR) is 92.7 cm³/mol. The zero-order valence-electron chi connectivity index (χ0n) is 13.9. The van der Waals surface area contributed by atoms with Crippen LogP contribution in [0.15, 0.2) is 29.3 Å². The van der Waals surface area contributed by atoms with Crippen LogP contribution in [0.2, 0.25) is 0 Å². The Morgan fingerprint density at radius 1 is 1.52 bits per heavy atom. The molecule has 0 spiro atoms. The van der Waals surface area contributed by atoms with E-state index in [1.54, 1.807) is 6.07 Å². The molecule has 6 nitrogen and oxygen atoms in total. The Morgan fingerprint density at radius 3 is 3.09 bits per heavy atom. The van der Waals surface area contributed by atoms with E-state index < -0.39 is 0 Å². The maximum Gasteiger partial charge on any atom is 0.221 e. The lowest BCUT2D eigenvalue weighted by Gasteiger charge is -2.31. The third-order valence-electron chi connectivity index (χ3n) is 3.77. The molecule has 1 aromatic rings. The number of aliphatic imine (C=N–C) groups is 1. The lowest BCUT2D eigenvalue weighted by atomic mass is 10.0. The molecule has 0 bridgehead atoms. The van der Waals surface area contributed by atoms with Crippen molar-refractivity contribution in [2.45, 2.75) is 26.7 Å². The molecule has 0 aliphatic carbocycles. The summed E-state index contributed by atoms with van der Waals surface area (Å²) in [5.74, 6) is 1.88. The fourth-order valence-electron chi connectivity index (χ4n) is 2.69. The Kier molecular flexibility index (Phi) is 6.26. The van der Waals surface area contributed by atoms with Crippen LogP contribution >= 0.6 is 0 Å². The van der Waals surface area contributed by atoms with Gasteiger partial charge in [0, 0.05) is 31.8 Å². The summed E-state index contributed by atoms with van der Waals surface area (Å²) in [6.07, 6.45) is 2.43. The molecule has 0 saturated carbocycles. The van der Waals surface area contributed by atoms with Crippen molar-refractivity contribution in [1.29, 1.82) is 0 Å². The number of amides is 1. The molecule has 1 heterocycles. The summed E-state index contributed by atoms with van der Waals surface area (Å²) < 4.78 is 5.65. The highest BCUT2D eigenvalue weighted by molar-refractivity contribution is 5.88. The van der Waals surface area contributed by atoms with Gasteiger partial charge in [-0.3, -0.25) is 4.79 Å². The van der Waals surface area contributed by atoms with Gasteiger partial charge < -0.3 is 20.7 Å². The van der Waals surface area contributed by atoms with Gasteiger partial charge in [-0.25, -0.2) is 4.99 Å². The van der Waals surface area contributed by atoms with Crippen LogP contribution in [-0.2, 0) is 4.79 Å². The van der Waals surface area contributed by atoms with Crippen molar-refractivity contribution >= 4 is 17.6 Å². The number of nitrogens with zero attached hydrogens (tertiary/aromatic N) is 2. The van der Waals surface area contributed by atoms with E-state index in [-0.39, 0.29) is 5.91 Å². The Hall–Kier alpha value is -2.24. The number of nitrogens with two attached hydrogens (primary N) is 1. The van der Waals surface area contributed by atoms with Crippen molar-refractivity contribution in [3.8, 4) is 5.75 Å². The van der Waals surface area contributed by atoms with Gasteiger partial charge in [-0.15, -0.1) is 0 Å². The predicted octanol–water partition coefficient (Wildman–Crippen LogP) is 2.07. The van der Waals surface area contributed by atoms with Gasteiger partial charge in [0.25, 0.3) is 0 Å². The third kappa shape index (κ3) is 5.81. The highest BCUT2D eigenvalue weighted by Crippen LogP contribution is 2.17. The molecule has 23 heavy (non-hydrogen) atoms. The molecule has 1 saturated heterocycles. The molecule has 0 aromatic heterocycles. The number of anilines is 1. The Morgan fingerprint density at radius 2 is 2.35 bits per heavy atom. The fraction of sp³-hybridized carbons (Fsp3) is 0.529. The highest BCUT2D eigenvalue weighted by atomic mass is 16.5. The van der Waals surface area contributed by atoms with Gasteiger partial charge in [0.15, 0.2) is 5.96 Å². The van der Waals surface area contributed by atoms with Gasteiger partial charge in [0.1, 0.15) is 12.4 Å². The van der Waals surface area contributed by atoms with E-state index in [1.165, 1.54) is 19.8 Å². The lowest BCUT2D eigenvalue weighted by molar-refractivity contribution is -0.114. The van der Waals surface area contributed by atoms with Crippen LogP contribution in [0.25, 0.3) is 0 Å². The molecule has 0 radical (unpaired) electrons. The van der Waals surface area contributed by atoms with Gasteiger partial charge in [0.05, 0.1) is 6.54 Å². The van der Waals surface area contributed by atoms with Gasteiger partial charge in [0.2, 0.25) is 5.91 Å². The van der Waals surface area contributed by atoms with Crippen molar-refractivity contribution in [1.82, 2.24) is 4.90 Å². The zero-order chi connectivity index (χ0) is 16.7. The standard InChI is InChI=1S/C17H26N4O2/c1-13-5-4-9-21(12-13)17(18)19-8-10-23-16-7-3-6-15(11-16)20-14(2)22/h3,6-7,11,13H,4-5,8-10,12H2,1-2H3,(H2,18,19)(H,20,22). The number of piperidine rings is 1. The minimum atomic E-state index is -0.102. The Balaban J connectivity index is 1.78. The smallest absolute Gasteiger partial charge is 0.221 e. The Labute approximate surface area is 137 Å². The van der Waals surface area contributed by atoms with Crippen molar-refractivity contribution in [3.63, 3.8) is 0 Å². The van der Waals surface area contributed by atoms with Gasteiger partial charge in [-0.05, 0) is 30.9 Å². The molecule has 3 N–H and O–H groups in total. The number of hydrogen-bond donors (Lipinski definition) is 2. The van der Waals surface area contributed by atoms with E-state index in [0.29, 0.717) is 30.8 Å². The van der Waals surface area contributed by atoms with Crippen LogP contribution in [0, 0.1) is 5.92 Å². The average molecular weight is 318 g/mol. The number of ether oxygens (including phenoxy) is 1. The van der Waals surface area contributed by atoms with Crippen LogP contribution in [0.3, 0.4) is 0 Å². The molecule has 1 amide bonds. The summed E-state index contributed by atoms with van der Waals surface area (Å²) >= 11 is 0. The zero-order valence-corrected chi connectivity index (χ0v) is 13.9. The molecule has 1 unspecified atom stereocenters. The van der Waals surface area contributed by atoms with Crippen molar-refractivity contribution in [2.75, 3.05) is 31.6 Å². The quantitative estimate of drug-likeness (QED) is 0.495. The largest absolute Gasteiger partial charge is 0.492 e. The van der Waals surface area contributed by atoms with Crippen LogP contribution in [0.5, 0.6) is 5.75 Å². The first-order valence-electron chi connectivity index (χ1n) is 8.10. The number of carbonyl (C=O) groups is 1. The maximum absolute atomic E-state index is 11.0. The first kappa shape index (κ1) is 17.1. The molecule has 1 fully saturated rings. The summed E-state index contributed by atoms with van der Waals surface area (Å²) in [7, 11) is 0. The van der Waals surface area contributed by atoms with Gasteiger partial charge in [-0.1, -0.05) is 13.0 Å². The molecule has 6 heteroatoms. The van der Waals surface area contributed by atoms with Crippen LogP contribution in [0.4, 0.5) is 5.69 Å². The number of rotatable bonds is 5. The third-order valence-corrected chi connectivity index (χ3v) is 3.77. The number of guanidine groups is 1. The molecular formula is C17H26N4O2. The molecule has 1 aliphatic rings. The fourth-order valence-corrected chi connectivity index (χ4v) is 2.69. The first-order chi connectivity index (χ1) is 11.0. The molecular weight excluding hydrogens is 292 g/mol. The number of carbonyl (C=O) groups excluding carboxylic acids is 1. The topological polar surface area (TPSA) is 79.9 Å². The number of nitrogens with one attached hydrogen (secondary N) is 1. The molecule has 1 atom stereocenters. The van der Waals surface area contributed by atoms with E-state index in [9.17, 15) is 4.79 Å². The second-order valence-electron chi connectivity index (χ2n) is 5.99. The van der Waals surface area contributed by atoms with E-state index in [2.05, 4.69) is 22.1 Å². The van der Waals surface area contributed by atoms with Gasteiger partial charge in [-0.2, -0.15) is 0 Å². The summed E-state index contributed by atoms with van der Waals surface area (Å²) in [5.41, 5.74) is 6.76. The lowest BCUT2D eigenvalue weighted by Crippen LogP contribution is -2.43. The number of hydrogen-bond acceptors (Lipinski definition) is 3.